The largest absolute Gasteiger partial charge is 0.493 e. The van der Waals surface area contributed by atoms with Crippen molar-refractivity contribution in [2.75, 3.05) is 7.11 Å². The maximum atomic E-state index is 12.9. The molecule has 4 rings (SSSR count). The third-order valence-electron chi connectivity index (χ3n) is 4.81. The summed E-state index contributed by atoms with van der Waals surface area (Å²) in [5.41, 5.74) is 0.0604. The number of nitrogens with zero attached hydrogens (tertiary/aromatic N) is 3. The highest BCUT2D eigenvalue weighted by Crippen LogP contribution is 2.35. The molecule has 0 aliphatic heterocycles. The Labute approximate surface area is 186 Å². The number of benzene rings is 3. The molecule has 0 radical (unpaired) electrons. The molecular weight excluding hydrogens is 435 g/mol. The van der Waals surface area contributed by atoms with E-state index in [0.29, 0.717) is 22.3 Å². The Hall–Kier alpha value is -4.14. The monoisotopic (exact) mass is 453 g/mol. The molecular formula is C24H18F3N3O3. The topological polar surface area (TPSA) is 65.7 Å². The van der Waals surface area contributed by atoms with Crippen LogP contribution in [-0.2, 0) is 6.18 Å². The quantitative estimate of drug-likeness (QED) is 0.379. The van der Waals surface area contributed by atoms with E-state index >= 15 is 0 Å². The van der Waals surface area contributed by atoms with Crippen molar-refractivity contribution in [1.82, 2.24) is 9.66 Å². The van der Waals surface area contributed by atoms with Gasteiger partial charge in [-0.3, -0.25) is 4.79 Å². The molecule has 0 fully saturated rings. The molecule has 0 saturated heterocycles. The summed E-state index contributed by atoms with van der Waals surface area (Å²) < 4.78 is 51.0. The first kappa shape index (κ1) is 22.1. The van der Waals surface area contributed by atoms with Crippen LogP contribution in [0, 0.1) is 6.92 Å². The molecule has 0 N–H and O–H groups in total. The lowest BCUT2D eigenvalue weighted by atomic mass is 10.2. The van der Waals surface area contributed by atoms with Gasteiger partial charge >= 0.3 is 6.18 Å². The van der Waals surface area contributed by atoms with E-state index in [2.05, 4.69) is 10.1 Å². The number of para-hydroxylation sites is 1. The summed E-state index contributed by atoms with van der Waals surface area (Å²) in [4.78, 5) is 17.1. The number of fused-ring (bicyclic) bond motifs is 1. The second kappa shape index (κ2) is 8.78. The molecule has 4 aromatic rings. The molecule has 9 heteroatoms. The lowest BCUT2D eigenvalue weighted by Crippen LogP contribution is -2.20. The molecule has 0 aliphatic rings. The predicted molar refractivity (Wildman–Crippen MR) is 118 cm³/mol. The summed E-state index contributed by atoms with van der Waals surface area (Å²) in [6, 6.07) is 16.4. The van der Waals surface area contributed by atoms with Crippen molar-refractivity contribution in [2.24, 2.45) is 5.10 Å². The summed E-state index contributed by atoms with van der Waals surface area (Å²) in [7, 11) is 1.41. The highest BCUT2D eigenvalue weighted by molar-refractivity contribution is 5.81. The fourth-order valence-corrected chi connectivity index (χ4v) is 3.21. The van der Waals surface area contributed by atoms with Crippen LogP contribution in [-0.4, -0.2) is 23.0 Å². The summed E-state index contributed by atoms with van der Waals surface area (Å²) in [6.45, 7) is 1.68. The van der Waals surface area contributed by atoms with Crippen molar-refractivity contribution in [3.05, 3.63) is 94.0 Å². The minimum Gasteiger partial charge on any atom is -0.493 e. The maximum absolute atomic E-state index is 12.9. The number of hydrogen-bond donors (Lipinski definition) is 0. The molecule has 0 amide bonds. The van der Waals surface area contributed by atoms with Crippen LogP contribution in [0.5, 0.6) is 17.2 Å². The van der Waals surface area contributed by atoms with Crippen molar-refractivity contribution in [2.45, 2.75) is 13.1 Å². The molecule has 6 nitrogen and oxygen atoms in total. The first-order valence-electron chi connectivity index (χ1n) is 9.82. The number of methoxy groups -OCH3 is 1. The highest BCUT2D eigenvalue weighted by Gasteiger charge is 2.30. The van der Waals surface area contributed by atoms with Crippen LogP contribution in [0.25, 0.3) is 10.9 Å². The van der Waals surface area contributed by atoms with Gasteiger partial charge in [0.05, 0.1) is 29.8 Å². The summed E-state index contributed by atoms with van der Waals surface area (Å²) in [5.74, 6) is 0.965. The summed E-state index contributed by atoms with van der Waals surface area (Å²) in [6.07, 6.45) is -3.01. The van der Waals surface area contributed by atoms with Crippen LogP contribution in [0.2, 0.25) is 0 Å². The zero-order valence-electron chi connectivity index (χ0n) is 17.6. The van der Waals surface area contributed by atoms with Gasteiger partial charge in [0, 0.05) is 0 Å². The van der Waals surface area contributed by atoms with Crippen LogP contribution in [0.4, 0.5) is 13.2 Å². The number of hydrogen-bond acceptors (Lipinski definition) is 5. The molecule has 168 valence electrons. The first-order chi connectivity index (χ1) is 15.8. The van der Waals surface area contributed by atoms with Crippen molar-refractivity contribution in [3.8, 4) is 17.2 Å². The minimum absolute atomic E-state index is 0.0222. The lowest BCUT2D eigenvalue weighted by Gasteiger charge is -2.13. The fraction of sp³-hybridized carbons (Fsp3) is 0.125. The molecule has 33 heavy (non-hydrogen) atoms. The Morgan fingerprint density at radius 2 is 1.79 bits per heavy atom. The molecule has 0 saturated carbocycles. The van der Waals surface area contributed by atoms with E-state index in [-0.39, 0.29) is 22.8 Å². The van der Waals surface area contributed by atoms with Crippen LogP contribution in [0.3, 0.4) is 0 Å². The van der Waals surface area contributed by atoms with Gasteiger partial charge < -0.3 is 9.47 Å². The molecule has 3 aromatic carbocycles. The average molecular weight is 453 g/mol. The van der Waals surface area contributed by atoms with Crippen LogP contribution in [0.15, 0.2) is 76.6 Å². The summed E-state index contributed by atoms with van der Waals surface area (Å²) in [5, 5.41) is 4.70. The Kier molecular flexibility index (Phi) is 5.87. The number of alkyl halides is 3. The molecule has 1 aromatic heterocycles. The van der Waals surface area contributed by atoms with E-state index < -0.39 is 11.7 Å². The van der Waals surface area contributed by atoms with E-state index in [4.69, 9.17) is 9.47 Å². The van der Waals surface area contributed by atoms with Gasteiger partial charge in [-0.25, -0.2) is 4.98 Å². The van der Waals surface area contributed by atoms with Crippen LogP contribution in [0.1, 0.15) is 17.0 Å². The van der Waals surface area contributed by atoms with Crippen molar-refractivity contribution in [1.29, 1.82) is 0 Å². The SMILES string of the molecule is COc1cc(/C=N/n2c(C)nc3ccccc3c2=O)ccc1Oc1cccc(C(F)(F)F)c1. The predicted octanol–water partition coefficient (Wildman–Crippen LogP) is 5.41. The zero-order chi connectivity index (χ0) is 23.6. The van der Waals surface area contributed by atoms with Crippen molar-refractivity contribution < 1.29 is 22.6 Å². The smallest absolute Gasteiger partial charge is 0.416 e. The van der Waals surface area contributed by atoms with Gasteiger partial charge in [0.2, 0.25) is 0 Å². The minimum atomic E-state index is -4.47. The maximum Gasteiger partial charge on any atom is 0.416 e. The number of aromatic nitrogens is 2. The number of aryl methyl sites for hydroxylation is 1. The molecule has 0 unspecified atom stereocenters. The third kappa shape index (κ3) is 4.72. The molecule has 1 heterocycles. The van der Waals surface area contributed by atoms with E-state index in [1.54, 1.807) is 49.4 Å². The molecule has 0 spiro atoms. The number of ether oxygens (including phenoxy) is 2. The van der Waals surface area contributed by atoms with Gasteiger partial charge in [-0.15, -0.1) is 0 Å². The van der Waals surface area contributed by atoms with Crippen LogP contribution < -0.4 is 15.0 Å². The van der Waals surface area contributed by atoms with Gasteiger partial charge in [0.1, 0.15) is 11.6 Å². The summed E-state index contributed by atoms with van der Waals surface area (Å²) >= 11 is 0. The molecule has 0 atom stereocenters. The number of rotatable bonds is 5. The third-order valence-corrected chi connectivity index (χ3v) is 4.81. The Morgan fingerprint density at radius 3 is 2.55 bits per heavy atom. The Morgan fingerprint density at radius 1 is 1.00 bits per heavy atom. The van der Waals surface area contributed by atoms with Crippen molar-refractivity contribution >= 4 is 17.1 Å². The average Bonchev–Trinajstić information content (AvgIpc) is 2.79. The van der Waals surface area contributed by atoms with Gasteiger partial charge in [-0.1, -0.05) is 18.2 Å². The van der Waals surface area contributed by atoms with Gasteiger partial charge in [0.25, 0.3) is 5.56 Å². The van der Waals surface area contributed by atoms with Crippen LogP contribution >= 0.6 is 0 Å². The van der Waals surface area contributed by atoms with E-state index in [1.165, 1.54) is 30.1 Å². The van der Waals surface area contributed by atoms with Gasteiger partial charge in [-0.2, -0.15) is 22.9 Å². The normalized spacial score (nSPS) is 11.8. The van der Waals surface area contributed by atoms with E-state index in [1.807, 2.05) is 0 Å². The zero-order valence-corrected chi connectivity index (χ0v) is 17.6. The first-order valence-corrected chi connectivity index (χ1v) is 9.82. The number of halogens is 3. The van der Waals surface area contributed by atoms with Gasteiger partial charge in [0.15, 0.2) is 11.5 Å². The standard InChI is InChI=1S/C24H18F3N3O3/c1-15-29-20-9-4-3-8-19(20)23(31)30(15)28-14-16-10-11-21(22(12-16)32-2)33-18-7-5-6-17(13-18)24(25,26)27/h3-14H,1-2H3/b28-14+. The Balaban J connectivity index is 1.62. The highest BCUT2D eigenvalue weighted by atomic mass is 19.4. The second-order valence-corrected chi connectivity index (χ2v) is 7.08. The Bertz CT molecular complexity index is 1410. The lowest BCUT2D eigenvalue weighted by molar-refractivity contribution is -0.137. The van der Waals surface area contributed by atoms with Crippen molar-refractivity contribution in [3.63, 3.8) is 0 Å². The molecule has 0 aliphatic carbocycles. The molecule has 0 bridgehead atoms. The fourth-order valence-electron chi connectivity index (χ4n) is 3.21. The van der Waals surface area contributed by atoms with E-state index in [9.17, 15) is 18.0 Å². The van der Waals surface area contributed by atoms with Gasteiger partial charge in [-0.05, 0) is 61.0 Å². The van der Waals surface area contributed by atoms with E-state index in [0.717, 1.165) is 12.1 Å². The second-order valence-electron chi connectivity index (χ2n) is 7.08.